The smallest absolute Gasteiger partial charge is 0.253 e. The number of rotatable bonds is 7. The van der Waals surface area contributed by atoms with Gasteiger partial charge in [0.2, 0.25) is 0 Å². The minimum absolute atomic E-state index is 0. The second-order valence-corrected chi connectivity index (χ2v) is 7.16. The summed E-state index contributed by atoms with van der Waals surface area (Å²) < 4.78 is 5.45. The van der Waals surface area contributed by atoms with Crippen LogP contribution in [-0.2, 0) is 16.1 Å². The summed E-state index contributed by atoms with van der Waals surface area (Å²) in [4.78, 5) is 17.0. The Morgan fingerprint density at radius 2 is 2.00 bits per heavy atom. The molecule has 3 rings (SSSR count). The number of guanidine groups is 1. The van der Waals surface area contributed by atoms with Crippen LogP contribution in [0.3, 0.4) is 0 Å². The first-order valence-electron chi connectivity index (χ1n) is 10.3. The maximum Gasteiger partial charge on any atom is 0.253 e. The molecule has 1 aliphatic rings. The number of hydrogen-bond acceptors (Lipinski definition) is 3. The van der Waals surface area contributed by atoms with Crippen LogP contribution < -0.4 is 16.0 Å². The van der Waals surface area contributed by atoms with E-state index >= 15 is 0 Å². The minimum atomic E-state index is -0.333. The van der Waals surface area contributed by atoms with Gasteiger partial charge in [0.15, 0.2) is 5.96 Å². The molecule has 2 unspecified atom stereocenters. The molecule has 1 heterocycles. The summed E-state index contributed by atoms with van der Waals surface area (Å²) >= 11 is 0. The van der Waals surface area contributed by atoms with E-state index in [-0.39, 0.29) is 42.0 Å². The Hall–Kier alpha value is -2.13. The van der Waals surface area contributed by atoms with E-state index in [0.29, 0.717) is 13.2 Å². The van der Waals surface area contributed by atoms with Gasteiger partial charge in [0.1, 0.15) is 6.10 Å². The lowest BCUT2D eigenvalue weighted by molar-refractivity contribution is -0.124. The van der Waals surface area contributed by atoms with Crippen molar-refractivity contribution in [1.29, 1.82) is 0 Å². The molecule has 0 aromatic heterocycles. The van der Waals surface area contributed by atoms with E-state index in [1.165, 1.54) is 5.56 Å². The van der Waals surface area contributed by atoms with Gasteiger partial charge in [-0.1, -0.05) is 42.5 Å². The summed E-state index contributed by atoms with van der Waals surface area (Å²) in [5.74, 6) is 0.687. The molecule has 7 heteroatoms. The van der Waals surface area contributed by atoms with E-state index in [0.717, 1.165) is 36.6 Å². The summed E-state index contributed by atoms with van der Waals surface area (Å²) in [6.07, 6.45) is 1.39. The topological polar surface area (TPSA) is 74.8 Å². The zero-order chi connectivity index (χ0) is 20.5. The molecule has 0 aliphatic carbocycles. The number of carbonyl (C=O) groups is 1. The second kappa shape index (κ2) is 12.5. The van der Waals surface area contributed by atoms with Crippen LogP contribution in [0.2, 0.25) is 0 Å². The quantitative estimate of drug-likeness (QED) is 0.289. The van der Waals surface area contributed by atoms with E-state index in [1.807, 2.05) is 49.4 Å². The van der Waals surface area contributed by atoms with Crippen molar-refractivity contribution in [1.82, 2.24) is 10.6 Å². The van der Waals surface area contributed by atoms with Crippen LogP contribution in [0.25, 0.3) is 0 Å². The standard InChI is InChI=1S/C23H30N4O2.HI/c1-3-24-23(26-17(2)19-10-5-4-6-11-19)25-16-18-9-7-12-20(15-18)27-22(28)21-13-8-14-29-21;/h4-7,9-12,15,17,21H,3,8,13-14,16H2,1-2H3,(H,27,28)(H2,24,25,26);1H. The normalized spacial score (nSPS) is 17.0. The largest absolute Gasteiger partial charge is 0.368 e. The lowest BCUT2D eigenvalue weighted by Gasteiger charge is -2.18. The Labute approximate surface area is 195 Å². The van der Waals surface area contributed by atoms with Crippen molar-refractivity contribution < 1.29 is 9.53 Å². The van der Waals surface area contributed by atoms with Crippen LogP contribution in [0.15, 0.2) is 59.6 Å². The van der Waals surface area contributed by atoms with Crippen LogP contribution in [0.4, 0.5) is 5.69 Å². The molecule has 2 aromatic carbocycles. The molecule has 2 atom stereocenters. The number of aliphatic imine (C=N–C) groups is 1. The minimum Gasteiger partial charge on any atom is -0.368 e. The van der Waals surface area contributed by atoms with Crippen molar-refractivity contribution in [3.63, 3.8) is 0 Å². The molecular weight excluding hydrogens is 491 g/mol. The molecule has 0 spiro atoms. The first-order valence-corrected chi connectivity index (χ1v) is 10.3. The number of amides is 1. The molecule has 162 valence electrons. The molecule has 3 N–H and O–H groups in total. The van der Waals surface area contributed by atoms with Crippen molar-refractivity contribution in [2.75, 3.05) is 18.5 Å². The zero-order valence-corrected chi connectivity index (χ0v) is 19.9. The van der Waals surface area contributed by atoms with Gasteiger partial charge in [-0.15, -0.1) is 24.0 Å². The first kappa shape index (κ1) is 24.1. The Balaban J connectivity index is 0.00000320. The Morgan fingerprint density at radius 3 is 2.70 bits per heavy atom. The molecule has 0 bridgehead atoms. The SMILES string of the molecule is CCNC(=NCc1cccc(NC(=O)C2CCCO2)c1)NC(C)c1ccccc1.I. The predicted octanol–water partition coefficient (Wildman–Crippen LogP) is 4.24. The Kier molecular flexibility index (Phi) is 10.1. The van der Waals surface area contributed by atoms with Gasteiger partial charge in [0.05, 0.1) is 12.6 Å². The highest BCUT2D eigenvalue weighted by molar-refractivity contribution is 14.0. The average Bonchev–Trinajstić information content (AvgIpc) is 3.28. The number of benzene rings is 2. The van der Waals surface area contributed by atoms with Gasteiger partial charge in [0.25, 0.3) is 5.91 Å². The van der Waals surface area contributed by atoms with Crippen LogP contribution in [0.1, 0.15) is 43.9 Å². The molecule has 0 saturated carbocycles. The fourth-order valence-electron chi connectivity index (χ4n) is 3.28. The maximum atomic E-state index is 12.2. The summed E-state index contributed by atoms with van der Waals surface area (Å²) in [5, 5.41) is 9.68. The van der Waals surface area contributed by atoms with E-state index < -0.39 is 0 Å². The monoisotopic (exact) mass is 522 g/mol. The first-order chi connectivity index (χ1) is 14.2. The predicted molar refractivity (Wildman–Crippen MR) is 132 cm³/mol. The fraction of sp³-hybridized carbons (Fsp3) is 0.391. The number of ether oxygens (including phenoxy) is 1. The van der Waals surface area contributed by atoms with Gasteiger partial charge in [-0.25, -0.2) is 4.99 Å². The number of nitrogens with one attached hydrogen (secondary N) is 3. The van der Waals surface area contributed by atoms with Crippen LogP contribution in [0, 0.1) is 0 Å². The molecule has 2 aromatic rings. The molecule has 0 radical (unpaired) electrons. The van der Waals surface area contributed by atoms with Gasteiger partial charge >= 0.3 is 0 Å². The van der Waals surface area contributed by atoms with Gasteiger partial charge in [-0.3, -0.25) is 4.79 Å². The second-order valence-electron chi connectivity index (χ2n) is 7.16. The van der Waals surface area contributed by atoms with Crippen LogP contribution in [-0.4, -0.2) is 31.1 Å². The number of carbonyl (C=O) groups excluding carboxylic acids is 1. The van der Waals surface area contributed by atoms with Gasteiger partial charge in [0, 0.05) is 18.8 Å². The van der Waals surface area contributed by atoms with Gasteiger partial charge < -0.3 is 20.7 Å². The van der Waals surface area contributed by atoms with Crippen molar-refractivity contribution in [2.24, 2.45) is 4.99 Å². The summed E-state index contributed by atoms with van der Waals surface area (Å²) in [6, 6.07) is 18.2. The molecular formula is C23H31IN4O2. The summed E-state index contributed by atoms with van der Waals surface area (Å²) in [7, 11) is 0. The summed E-state index contributed by atoms with van der Waals surface area (Å²) in [6.45, 7) is 6.12. The maximum absolute atomic E-state index is 12.2. The lowest BCUT2D eigenvalue weighted by Crippen LogP contribution is -2.38. The third kappa shape index (κ3) is 7.28. The van der Waals surface area contributed by atoms with E-state index in [2.05, 4.69) is 35.0 Å². The Bertz CT molecular complexity index is 823. The lowest BCUT2D eigenvalue weighted by atomic mass is 10.1. The van der Waals surface area contributed by atoms with E-state index in [1.54, 1.807) is 0 Å². The highest BCUT2D eigenvalue weighted by Crippen LogP contribution is 2.17. The molecule has 6 nitrogen and oxygen atoms in total. The molecule has 1 aliphatic heterocycles. The number of hydrogen-bond donors (Lipinski definition) is 3. The number of halogens is 1. The van der Waals surface area contributed by atoms with E-state index in [4.69, 9.17) is 9.73 Å². The van der Waals surface area contributed by atoms with Crippen molar-refractivity contribution >= 4 is 41.5 Å². The van der Waals surface area contributed by atoms with Gasteiger partial charge in [-0.2, -0.15) is 0 Å². The number of anilines is 1. The third-order valence-corrected chi connectivity index (χ3v) is 4.83. The fourth-order valence-corrected chi connectivity index (χ4v) is 3.28. The van der Waals surface area contributed by atoms with Crippen LogP contribution >= 0.6 is 24.0 Å². The third-order valence-electron chi connectivity index (χ3n) is 4.83. The average molecular weight is 522 g/mol. The Morgan fingerprint density at radius 1 is 1.20 bits per heavy atom. The van der Waals surface area contributed by atoms with Gasteiger partial charge in [-0.05, 0) is 49.9 Å². The zero-order valence-electron chi connectivity index (χ0n) is 17.6. The van der Waals surface area contributed by atoms with Crippen molar-refractivity contribution in [3.05, 3.63) is 65.7 Å². The summed E-state index contributed by atoms with van der Waals surface area (Å²) in [5.41, 5.74) is 3.01. The molecule has 1 fully saturated rings. The molecule has 30 heavy (non-hydrogen) atoms. The van der Waals surface area contributed by atoms with Crippen molar-refractivity contribution in [2.45, 2.75) is 45.4 Å². The number of nitrogens with zero attached hydrogens (tertiary/aromatic N) is 1. The molecule has 1 amide bonds. The highest BCUT2D eigenvalue weighted by Gasteiger charge is 2.23. The molecule has 1 saturated heterocycles. The highest BCUT2D eigenvalue weighted by atomic mass is 127. The van der Waals surface area contributed by atoms with E-state index in [9.17, 15) is 4.79 Å². The van der Waals surface area contributed by atoms with Crippen LogP contribution in [0.5, 0.6) is 0 Å². The van der Waals surface area contributed by atoms with Crippen molar-refractivity contribution in [3.8, 4) is 0 Å².